The molecule has 1 aliphatic heterocycles. The van der Waals surface area contributed by atoms with Gasteiger partial charge in [0.15, 0.2) is 0 Å². The summed E-state index contributed by atoms with van der Waals surface area (Å²) in [6, 6.07) is 8.89. The first-order chi connectivity index (χ1) is 14.4. The Morgan fingerprint density at radius 3 is 2.93 bits per heavy atom. The summed E-state index contributed by atoms with van der Waals surface area (Å²) in [6.45, 7) is 4.29. The van der Waals surface area contributed by atoms with E-state index in [4.69, 9.17) is 11.6 Å². The van der Waals surface area contributed by atoms with Gasteiger partial charge in [-0.1, -0.05) is 0 Å². The summed E-state index contributed by atoms with van der Waals surface area (Å²) in [7, 11) is 0. The van der Waals surface area contributed by atoms with Gasteiger partial charge in [0, 0.05) is 35.5 Å². The highest BCUT2D eigenvalue weighted by atomic mass is 32.2. The first-order valence-electron chi connectivity index (χ1n) is 9.87. The Hall–Kier alpha value is -2.75. The SMILES string of the molecule is CSC1(C)CCCN1Cc1cc2cnc(NC(=O)c3ccc(NN)c(N)c3)cc2[nH]1. The number of thioether (sulfide) groups is 1. The molecule has 3 aromatic rings. The number of nitrogens with one attached hydrogen (secondary N) is 3. The second kappa shape index (κ2) is 8.17. The second-order valence-corrected chi connectivity index (χ2v) is 9.04. The van der Waals surface area contributed by atoms with Gasteiger partial charge < -0.3 is 21.5 Å². The standard InChI is InChI=1S/C21H27N7OS/c1-21(30-2)6-3-7-28(21)12-15-8-14-11-24-19(10-18(14)25-15)26-20(29)13-4-5-17(27-23)16(22)9-13/h4-5,8-11,25,27H,3,6-7,12,22-23H2,1-2H3,(H,24,26,29). The van der Waals surface area contributed by atoms with Crippen molar-refractivity contribution in [3.05, 3.63) is 47.8 Å². The van der Waals surface area contributed by atoms with Crippen molar-refractivity contribution in [3.8, 4) is 0 Å². The number of carbonyl (C=O) groups is 1. The highest BCUT2D eigenvalue weighted by Gasteiger charge is 2.35. The van der Waals surface area contributed by atoms with Gasteiger partial charge in [-0.25, -0.2) is 4.98 Å². The molecule has 1 aromatic carbocycles. The Labute approximate surface area is 179 Å². The number of likely N-dealkylation sites (tertiary alicyclic amines) is 1. The summed E-state index contributed by atoms with van der Waals surface area (Å²) in [6.07, 6.45) is 6.38. The van der Waals surface area contributed by atoms with Crippen LogP contribution in [0.1, 0.15) is 35.8 Å². The lowest BCUT2D eigenvalue weighted by Gasteiger charge is -2.33. The van der Waals surface area contributed by atoms with Gasteiger partial charge in [-0.2, -0.15) is 0 Å². The van der Waals surface area contributed by atoms with E-state index < -0.39 is 0 Å². The molecule has 4 rings (SSSR count). The smallest absolute Gasteiger partial charge is 0.256 e. The van der Waals surface area contributed by atoms with Crippen molar-refractivity contribution in [3.63, 3.8) is 0 Å². The number of nitrogens with zero attached hydrogens (tertiary/aromatic N) is 2. The number of rotatable bonds is 6. The van der Waals surface area contributed by atoms with Crippen molar-refractivity contribution >= 4 is 45.8 Å². The summed E-state index contributed by atoms with van der Waals surface area (Å²) in [5, 5.41) is 3.85. The third-order valence-electron chi connectivity index (χ3n) is 5.81. The van der Waals surface area contributed by atoms with Gasteiger partial charge in [-0.15, -0.1) is 11.8 Å². The molecule has 8 nitrogen and oxygen atoms in total. The highest BCUT2D eigenvalue weighted by molar-refractivity contribution is 7.99. The van der Waals surface area contributed by atoms with Crippen molar-refractivity contribution in [2.45, 2.75) is 31.2 Å². The van der Waals surface area contributed by atoms with Gasteiger partial charge in [0.25, 0.3) is 5.91 Å². The van der Waals surface area contributed by atoms with Gasteiger partial charge in [0.2, 0.25) is 0 Å². The van der Waals surface area contributed by atoms with E-state index >= 15 is 0 Å². The topological polar surface area (TPSA) is 125 Å². The third kappa shape index (κ3) is 3.96. The number of hydrogen-bond acceptors (Lipinski definition) is 7. The largest absolute Gasteiger partial charge is 0.397 e. The Kier molecular flexibility index (Phi) is 5.59. The molecule has 0 aliphatic carbocycles. The van der Waals surface area contributed by atoms with Crippen LogP contribution in [0.15, 0.2) is 36.5 Å². The lowest BCUT2D eigenvalue weighted by atomic mass is 10.1. The Balaban J connectivity index is 1.50. The minimum Gasteiger partial charge on any atom is -0.397 e. The van der Waals surface area contributed by atoms with Crippen molar-refractivity contribution < 1.29 is 4.79 Å². The number of nitrogens with two attached hydrogens (primary N) is 2. The summed E-state index contributed by atoms with van der Waals surface area (Å²) < 4.78 is 0. The molecule has 0 spiro atoms. The summed E-state index contributed by atoms with van der Waals surface area (Å²) in [4.78, 5) is 23.1. The Morgan fingerprint density at radius 1 is 1.37 bits per heavy atom. The summed E-state index contributed by atoms with van der Waals surface area (Å²) in [5.74, 6) is 5.58. The number of pyridine rings is 1. The molecule has 158 valence electrons. The van der Waals surface area contributed by atoms with Gasteiger partial charge in [0.1, 0.15) is 5.82 Å². The normalized spacial score (nSPS) is 19.3. The lowest BCUT2D eigenvalue weighted by Crippen LogP contribution is -2.37. The molecular formula is C21H27N7OS. The lowest BCUT2D eigenvalue weighted by molar-refractivity contribution is 0.102. The summed E-state index contributed by atoms with van der Waals surface area (Å²) >= 11 is 1.91. The van der Waals surface area contributed by atoms with Crippen LogP contribution in [-0.2, 0) is 6.54 Å². The van der Waals surface area contributed by atoms with E-state index in [0.717, 1.165) is 29.7 Å². The van der Waals surface area contributed by atoms with E-state index in [1.54, 1.807) is 24.4 Å². The number of anilines is 3. The number of nitrogen functional groups attached to an aromatic ring is 2. The molecule has 1 fully saturated rings. The molecule has 1 saturated heterocycles. The first-order valence-corrected chi connectivity index (χ1v) is 11.1. The fourth-order valence-corrected chi connectivity index (χ4v) is 4.70. The van der Waals surface area contributed by atoms with Gasteiger partial charge in [0.05, 0.1) is 21.8 Å². The van der Waals surface area contributed by atoms with E-state index in [1.165, 1.54) is 12.8 Å². The van der Waals surface area contributed by atoms with Gasteiger partial charge in [-0.05, 0) is 56.8 Å². The number of benzene rings is 1. The van der Waals surface area contributed by atoms with E-state index in [-0.39, 0.29) is 10.8 Å². The molecule has 30 heavy (non-hydrogen) atoms. The molecule has 1 unspecified atom stereocenters. The molecule has 3 heterocycles. The predicted octanol–water partition coefficient (Wildman–Crippen LogP) is 3.36. The quantitative estimate of drug-likeness (QED) is 0.233. The molecule has 2 aromatic heterocycles. The highest BCUT2D eigenvalue weighted by Crippen LogP contribution is 2.38. The molecule has 1 amide bonds. The van der Waals surface area contributed by atoms with Crippen LogP contribution in [0, 0.1) is 0 Å². The minimum absolute atomic E-state index is 0.186. The predicted molar refractivity (Wildman–Crippen MR) is 124 cm³/mol. The first kappa shape index (κ1) is 20.5. The van der Waals surface area contributed by atoms with Crippen LogP contribution in [0.3, 0.4) is 0 Å². The molecule has 1 aliphatic rings. The van der Waals surface area contributed by atoms with Crippen LogP contribution in [0.5, 0.6) is 0 Å². The monoisotopic (exact) mass is 425 g/mol. The van der Waals surface area contributed by atoms with Crippen LogP contribution in [0.2, 0.25) is 0 Å². The minimum atomic E-state index is -0.281. The number of aromatic amines is 1. The molecule has 0 saturated carbocycles. The zero-order chi connectivity index (χ0) is 21.3. The van der Waals surface area contributed by atoms with Crippen molar-refractivity contribution in [1.82, 2.24) is 14.9 Å². The zero-order valence-corrected chi connectivity index (χ0v) is 18.0. The zero-order valence-electron chi connectivity index (χ0n) is 17.2. The maximum Gasteiger partial charge on any atom is 0.256 e. The third-order valence-corrected chi connectivity index (χ3v) is 7.15. The Bertz CT molecular complexity index is 1080. The van der Waals surface area contributed by atoms with E-state index in [2.05, 4.69) is 44.9 Å². The van der Waals surface area contributed by atoms with Gasteiger partial charge in [-0.3, -0.25) is 15.5 Å². The number of fused-ring (bicyclic) bond motifs is 1. The average molecular weight is 426 g/mol. The van der Waals surface area contributed by atoms with Gasteiger partial charge >= 0.3 is 0 Å². The van der Waals surface area contributed by atoms with E-state index in [9.17, 15) is 4.79 Å². The fourth-order valence-electron chi connectivity index (χ4n) is 3.94. The van der Waals surface area contributed by atoms with E-state index in [1.807, 2.05) is 17.8 Å². The number of aromatic nitrogens is 2. The van der Waals surface area contributed by atoms with E-state index in [0.29, 0.717) is 22.8 Å². The van der Waals surface area contributed by atoms with Crippen molar-refractivity contribution in [2.24, 2.45) is 5.84 Å². The number of H-pyrrole nitrogens is 1. The van der Waals surface area contributed by atoms with Crippen LogP contribution in [0.25, 0.3) is 10.9 Å². The molecule has 7 N–H and O–H groups in total. The van der Waals surface area contributed by atoms with Crippen molar-refractivity contribution in [2.75, 3.05) is 29.3 Å². The molecule has 0 bridgehead atoms. The van der Waals surface area contributed by atoms with Crippen LogP contribution in [0.4, 0.5) is 17.2 Å². The second-order valence-electron chi connectivity index (χ2n) is 7.76. The maximum atomic E-state index is 12.6. The fraction of sp³-hybridized carbons (Fsp3) is 0.333. The maximum absolute atomic E-state index is 12.6. The molecule has 1 atom stereocenters. The number of hydrogen-bond donors (Lipinski definition) is 5. The average Bonchev–Trinajstić information content (AvgIpc) is 3.31. The van der Waals surface area contributed by atoms with Crippen LogP contribution < -0.4 is 22.3 Å². The van der Waals surface area contributed by atoms with Crippen LogP contribution in [-0.4, -0.2) is 38.4 Å². The number of carbonyl (C=O) groups excluding carboxylic acids is 1. The van der Waals surface area contributed by atoms with Crippen molar-refractivity contribution in [1.29, 1.82) is 0 Å². The summed E-state index contributed by atoms with van der Waals surface area (Å²) in [5.41, 5.74) is 11.9. The molecule has 0 radical (unpaired) electrons. The number of amides is 1. The van der Waals surface area contributed by atoms with Crippen LogP contribution >= 0.6 is 11.8 Å². The number of hydrazine groups is 1. The molecule has 9 heteroatoms. The molecular weight excluding hydrogens is 398 g/mol. The Morgan fingerprint density at radius 2 is 2.20 bits per heavy atom.